The van der Waals surface area contributed by atoms with Crippen molar-refractivity contribution in [2.45, 2.75) is 44.6 Å². The number of hydrogen-bond acceptors (Lipinski definition) is 3. The summed E-state index contributed by atoms with van der Waals surface area (Å²) in [6.45, 7) is 5.64. The Balaban J connectivity index is 1.71. The first-order valence-corrected chi connectivity index (χ1v) is 8.24. The molecule has 3 rings (SSSR count). The van der Waals surface area contributed by atoms with E-state index in [9.17, 15) is 0 Å². The number of nitrogens with zero attached hydrogens (tertiary/aromatic N) is 2. The molecule has 1 unspecified atom stereocenters. The van der Waals surface area contributed by atoms with Crippen molar-refractivity contribution in [3.8, 4) is 0 Å². The highest BCUT2D eigenvalue weighted by Crippen LogP contribution is 2.31. The third kappa shape index (κ3) is 2.54. The lowest BCUT2D eigenvalue weighted by Crippen LogP contribution is -2.36. The largest absolute Gasteiger partial charge is 0.309 e. The van der Waals surface area contributed by atoms with E-state index < -0.39 is 0 Å². The van der Waals surface area contributed by atoms with E-state index in [-0.39, 0.29) is 5.41 Å². The number of thiophene rings is 1. The van der Waals surface area contributed by atoms with Gasteiger partial charge in [0.2, 0.25) is 0 Å². The molecule has 0 radical (unpaired) electrons. The van der Waals surface area contributed by atoms with E-state index in [4.69, 9.17) is 0 Å². The highest BCUT2D eigenvalue weighted by atomic mass is 32.1. The third-order valence-electron chi connectivity index (χ3n) is 4.35. The van der Waals surface area contributed by atoms with E-state index in [0.29, 0.717) is 6.04 Å². The minimum absolute atomic E-state index is 0.188. The second-order valence-electron chi connectivity index (χ2n) is 6.36. The van der Waals surface area contributed by atoms with Crippen LogP contribution in [0.25, 0.3) is 0 Å². The monoisotopic (exact) mass is 289 g/mol. The van der Waals surface area contributed by atoms with Gasteiger partial charge in [0.25, 0.3) is 0 Å². The van der Waals surface area contributed by atoms with Gasteiger partial charge in [0.05, 0.1) is 6.20 Å². The molecule has 0 saturated carbocycles. The maximum Gasteiger partial charge on any atom is 0.0540 e. The van der Waals surface area contributed by atoms with Gasteiger partial charge in [-0.2, -0.15) is 5.10 Å². The van der Waals surface area contributed by atoms with Crippen molar-refractivity contribution in [1.82, 2.24) is 15.1 Å². The molecule has 20 heavy (non-hydrogen) atoms. The zero-order valence-corrected chi connectivity index (χ0v) is 13.3. The summed E-state index contributed by atoms with van der Waals surface area (Å²) in [7, 11) is 2.05. The highest BCUT2D eigenvalue weighted by molar-refractivity contribution is 7.10. The lowest BCUT2D eigenvalue weighted by Gasteiger charge is -2.29. The molecule has 2 aromatic rings. The summed E-state index contributed by atoms with van der Waals surface area (Å²) in [5.74, 6) is 0. The summed E-state index contributed by atoms with van der Waals surface area (Å²) in [6, 6.07) is 4.84. The first-order chi connectivity index (χ1) is 9.58. The minimum atomic E-state index is 0.188. The van der Waals surface area contributed by atoms with Crippen LogP contribution in [0.1, 0.15) is 48.9 Å². The van der Waals surface area contributed by atoms with Crippen LogP contribution < -0.4 is 5.32 Å². The average Bonchev–Trinajstić information content (AvgIpc) is 3.07. The predicted molar refractivity (Wildman–Crippen MR) is 84.2 cm³/mol. The fourth-order valence-electron chi connectivity index (χ4n) is 3.05. The van der Waals surface area contributed by atoms with E-state index in [0.717, 1.165) is 6.54 Å². The van der Waals surface area contributed by atoms with Crippen LogP contribution >= 0.6 is 11.3 Å². The van der Waals surface area contributed by atoms with Crippen LogP contribution in [0.3, 0.4) is 0 Å². The maximum atomic E-state index is 4.42. The zero-order valence-electron chi connectivity index (χ0n) is 12.5. The summed E-state index contributed by atoms with van der Waals surface area (Å²) in [5.41, 5.74) is 3.00. The molecule has 1 aliphatic carbocycles. The normalized spacial score (nSPS) is 19.1. The molecule has 1 aliphatic rings. The first kappa shape index (κ1) is 13.8. The van der Waals surface area contributed by atoms with Crippen LogP contribution in [0.15, 0.2) is 23.7 Å². The van der Waals surface area contributed by atoms with Crippen molar-refractivity contribution in [3.05, 3.63) is 39.8 Å². The minimum Gasteiger partial charge on any atom is -0.309 e. The summed E-state index contributed by atoms with van der Waals surface area (Å²) in [5, 5.41) is 10.4. The van der Waals surface area contributed by atoms with E-state index in [2.05, 4.69) is 48.8 Å². The molecule has 0 aromatic carbocycles. The van der Waals surface area contributed by atoms with Crippen molar-refractivity contribution in [3.63, 3.8) is 0 Å². The van der Waals surface area contributed by atoms with Gasteiger partial charge in [-0.25, -0.2) is 0 Å². The van der Waals surface area contributed by atoms with Crippen molar-refractivity contribution in [2.75, 3.05) is 6.54 Å². The molecule has 2 heterocycles. The van der Waals surface area contributed by atoms with Crippen LogP contribution in [0, 0.1) is 0 Å². The molecule has 3 nitrogen and oxygen atoms in total. The lowest BCUT2D eigenvalue weighted by molar-refractivity contribution is 0.393. The van der Waals surface area contributed by atoms with Crippen molar-refractivity contribution < 1.29 is 0 Å². The van der Waals surface area contributed by atoms with Gasteiger partial charge in [0.1, 0.15) is 0 Å². The van der Waals surface area contributed by atoms with E-state index in [1.165, 1.54) is 35.4 Å². The predicted octanol–water partition coefficient (Wildman–Crippen LogP) is 3.43. The van der Waals surface area contributed by atoms with Crippen molar-refractivity contribution >= 4 is 11.3 Å². The second kappa shape index (κ2) is 5.34. The van der Waals surface area contributed by atoms with Crippen LogP contribution in [0.5, 0.6) is 0 Å². The number of hydrogen-bond donors (Lipinski definition) is 1. The molecule has 0 saturated heterocycles. The SMILES string of the molecule is Cn1ncc2c1CCCC2NCC(C)(C)c1cccs1. The maximum absolute atomic E-state index is 4.42. The standard InChI is InChI=1S/C16H23N3S/c1-16(2,15-8-5-9-20-15)11-17-13-6-4-7-14-12(13)10-18-19(14)3/h5,8-10,13,17H,4,6-7,11H2,1-3H3. The fraction of sp³-hybridized carbons (Fsp3) is 0.562. The van der Waals surface area contributed by atoms with E-state index >= 15 is 0 Å². The summed E-state index contributed by atoms with van der Waals surface area (Å²) < 4.78 is 2.04. The van der Waals surface area contributed by atoms with Gasteiger partial charge < -0.3 is 5.32 Å². The number of nitrogens with one attached hydrogen (secondary N) is 1. The van der Waals surface area contributed by atoms with Gasteiger partial charge in [-0.1, -0.05) is 19.9 Å². The van der Waals surface area contributed by atoms with Crippen LogP contribution in [-0.2, 0) is 18.9 Å². The molecular formula is C16H23N3S. The molecule has 1 atom stereocenters. The molecule has 4 heteroatoms. The van der Waals surface area contributed by atoms with Gasteiger partial charge in [0.15, 0.2) is 0 Å². The number of aromatic nitrogens is 2. The number of aryl methyl sites for hydroxylation is 1. The van der Waals surface area contributed by atoms with Crippen LogP contribution in [0.2, 0.25) is 0 Å². The average molecular weight is 289 g/mol. The summed E-state index contributed by atoms with van der Waals surface area (Å²) >= 11 is 1.85. The molecule has 1 N–H and O–H groups in total. The van der Waals surface area contributed by atoms with E-state index in [1.807, 2.05) is 22.2 Å². The number of fused-ring (bicyclic) bond motifs is 1. The molecule has 0 amide bonds. The van der Waals surface area contributed by atoms with Gasteiger partial charge in [0, 0.05) is 41.2 Å². The second-order valence-corrected chi connectivity index (χ2v) is 7.30. The third-order valence-corrected chi connectivity index (χ3v) is 5.59. The van der Waals surface area contributed by atoms with Crippen LogP contribution in [-0.4, -0.2) is 16.3 Å². The van der Waals surface area contributed by atoms with Gasteiger partial charge in [-0.3, -0.25) is 4.68 Å². The molecule has 2 aromatic heterocycles. The zero-order chi connectivity index (χ0) is 14.2. The molecular weight excluding hydrogens is 266 g/mol. The first-order valence-electron chi connectivity index (χ1n) is 7.36. The Bertz CT molecular complexity index is 569. The highest BCUT2D eigenvalue weighted by Gasteiger charge is 2.27. The Morgan fingerprint density at radius 2 is 2.35 bits per heavy atom. The van der Waals surface area contributed by atoms with Crippen LogP contribution in [0.4, 0.5) is 0 Å². The molecule has 0 bridgehead atoms. The topological polar surface area (TPSA) is 29.9 Å². The summed E-state index contributed by atoms with van der Waals surface area (Å²) in [4.78, 5) is 1.45. The summed E-state index contributed by atoms with van der Waals surface area (Å²) in [6.07, 6.45) is 5.69. The Labute approximate surface area is 125 Å². The lowest BCUT2D eigenvalue weighted by atomic mass is 9.88. The Morgan fingerprint density at radius 3 is 3.10 bits per heavy atom. The Morgan fingerprint density at radius 1 is 1.50 bits per heavy atom. The molecule has 108 valence electrons. The Hall–Kier alpha value is -1.13. The van der Waals surface area contributed by atoms with Gasteiger partial charge in [-0.15, -0.1) is 11.3 Å². The molecule has 0 fully saturated rings. The number of rotatable bonds is 4. The smallest absolute Gasteiger partial charge is 0.0540 e. The van der Waals surface area contributed by atoms with E-state index in [1.54, 1.807) is 0 Å². The Kier molecular flexibility index (Phi) is 3.69. The molecule has 0 spiro atoms. The fourth-order valence-corrected chi connectivity index (χ4v) is 3.90. The van der Waals surface area contributed by atoms with Crippen molar-refractivity contribution in [2.24, 2.45) is 7.05 Å². The molecule has 0 aliphatic heterocycles. The van der Waals surface area contributed by atoms with Gasteiger partial charge in [-0.05, 0) is 30.7 Å². The van der Waals surface area contributed by atoms with Gasteiger partial charge >= 0.3 is 0 Å². The quantitative estimate of drug-likeness (QED) is 0.934. The van der Waals surface area contributed by atoms with Crippen molar-refractivity contribution in [1.29, 1.82) is 0 Å².